The zero-order valence-electron chi connectivity index (χ0n) is 10.4. The fraction of sp³-hybridized carbons (Fsp3) is 0.438. The standard InChI is InChI=1S/C16H20Cl/c1-3-6-16(13-7-4-8-13)12(2)14-9-5-10-15(17)11-14/h3,5-6,9-13,16H,2,4,7-8H2,1H3/b6-3+. The molecular formula is C16H20Cl. The van der Waals surface area contributed by atoms with Crippen molar-refractivity contribution in [1.82, 2.24) is 0 Å². The summed E-state index contributed by atoms with van der Waals surface area (Å²) in [5, 5.41) is 0.809. The Morgan fingerprint density at radius 2 is 2.18 bits per heavy atom. The van der Waals surface area contributed by atoms with Gasteiger partial charge in [-0.15, -0.1) is 0 Å². The van der Waals surface area contributed by atoms with E-state index in [1.807, 2.05) is 18.2 Å². The van der Waals surface area contributed by atoms with Crippen molar-refractivity contribution in [2.75, 3.05) is 0 Å². The molecule has 0 saturated heterocycles. The van der Waals surface area contributed by atoms with Crippen molar-refractivity contribution in [2.24, 2.45) is 11.8 Å². The van der Waals surface area contributed by atoms with Gasteiger partial charge in [0.1, 0.15) is 0 Å². The van der Waals surface area contributed by atoms with E-state index < -0.39 is 0 Å². The van der Waals surface area contributed by atoms with Crippen LogP contribution in [0.25, 0.3) is 0 Å². The lowest BCUT2D eigenvalue weighted by atomic mass is 9.69. The molecule has 2 atom stereocenters. The average molecular weight is 248 g/mol. The van der Waals surface area contributed by atoms with E-state index in [1.54, 1.807) is 0 Å². The Bertz CT molecular complexity index is 390. The number of benzene rings is 1. The highest BCUT2D eigenvalue weighted by atomic mass is 35.5. The maximum Gasteiger partial charge on any atom is 0.0408 e. The normalized spacial score (nSPS) is 20.2. The maximum absolute atomic E-state index is 6.05. The molecule has 1 aromatic carbocycles. The first-order valence-corrected chi connectivity index (χ1v) is 6.81. The highest BCUT2D eigenvalue weighted by Gasteiger charge is 2.29. The van der Waals surface area contributed by atoms with Crippen LogP contribution in [0.3, 0.4) is 0 Å². The van der Waals surface area contributed by atoms with Gasteiger partial charge < -0.3 is 0 Å². The molecule has 0 aromatic heterocycles. The van der Waals surface area contributed by atoms with Gasteiger partial charge in [-0.05, 0) is 62.1 Å². The van der Waals surface area contributed by atoms with E-state index >= 15 is 0 Å². The summed E-state index contributed by atoms with van der Waals surface area (Å²) in [5.41, 5.74) is 1.26. The Hall–Kier alpha value is -0.750. The molecule has 0 amide bonds. The molecular weight excluding hydrogens is 228 g/mol. The van der Waals surface area contributed by atoms with Gasteiger partial charge in [-0.1, -0.05) is 42.3 Å². The van der Waals surface area contributed by atoms with Crippen LogP contribution in [0, 0.1) is 18.8 Å². The van der Waals surface area contributed by atoms with Crippen LogP contribution in [-0.2, 0) is 0 Å². The van der Waals surface area contributed by atoms with E-state index in [-0.39, 0.29) is 0 Å². The fourth-order valence-corrected chi connectivity index (χ4v) is 2.82. The van der Waals surface area contributed by atoms with Crippen LogP contribution in [0.15, 0.2) is 36.4 Å². The molecule has 0 heterocycles. The SMILES string of the molecule is [CH2]C(c1cccc(Cl)c1)C(/C=C/C)C1CCC1. The molecule has 0 nitrogen and oxygen atoms in total. The van der Waals surface area contributed by atoms with Crippen LogP contribution in [0.2, 0.25) is 5.02 Å². The highest BCUT2D eigenvalue weighted by molar-refractivity contribution is 6.30. The Balaban J connectivity index is 2.17. The lowest BCUT2D eigenvalue weighted by Crippen LogP contribution is -2.24. The summed E-state index contributed by atoms with van der Waals surface area (Å²) in [5.74, 6) is 1.69. The first-order chi connectivity index (χ1) is 8.22. The van der Waals surface area contributed by atoms with E-state index in [4.69, 9.17) is 11.6 Å². The predicted octanol–water partition coefficient (Wildman–Crippen LogP) is 5.25. The third-order valence-corrected chi connectivity index (χ3v) is 4.09. The molecule has 1 heteroatoms. The fourth-order valence-electron chi connectivity index (χ4n) is 2.63. The van der Waals surface area contributed by atoms with Crippen LogP contribution in [0.4, 0.5) is 0 Å². The zero-order valence-corrected chi connectivity index (χ0v) is 11.2. The molecule has 17 heavy (non-hydrogen) atoms. The van der Waals surface area contributed by atoms with Crippen molar-refractivity contribution in [3.63, 3.8) is 0 Å². The molecule has 1 aromatic rings. The van der Waals surface area contributed by atoms with Gasteiger partial charge in [0.2, 0.25) is 0 Å². The molecule has 1 saturated carbocycles. The third-order valence-electron chi connectivity index (χ3n) is 3.85. The van der Waals surface area contributed by atoms with Crippen molar-refractivity contribution in [3.05, 3.63) is 53.9 Å². The molecule has 1 fully saturated rings. The number of allylic oxidation sites excluding steroid dienone is 2. The van der Waals surface area contributed by atoms with Crippen molar-refractivity contribution in [2.45, 2.75) is 32.1 Å². The number of hydrogen-bond donors (Lipinski definition) is 0. The topological polar surface area (TPSA) is 0 Å². The minimum Gasteiger partial charge on any atom is -0.0914 e. The minimum atomic E-state index is 0.315. The molecule has 91 valence electrons. The molecule has 0 bridgehead atoms. The van der Waals surface area contributed by atoms with E-state index in [1.165, 1.54) is 24.8 Å². The van der Waals surface area contributed by atoms with Gasteiger partial charge >= 0.3 is 0 Å². The first kappa shape index (κ1) is 12.7. The van der Waals surface area contributed by atoms with Crippen molar-refractivity contribution in [1.29, 1.82) is 0 Å². The second kappa shape index (κ2) is 5.73. The number of hydrogen-bond acceptors (Lipinski definition) is 0. The number of rotatable bonds is 4. The molecule has 0 aliphatic heterocycles. The van der Waals surface area contributed by atoms with Gasteiger partial charge in [0.05, 0.1) is 0 Å². The Labute approximate surface area is 110 Å². The Morgan fingerprint density at radius 3 is 2.71 bits per heavy atom. The van der Waals surface area contributed by atoms with E-state index in [9.17, 15) is 0 Å². The van der Waals surface area contributed by atoms with Gasteiger partial charge in [-0.3, -0.25) is 0 Å². The van der Waals surface area contributed by atoms with Crippen LogP contribution >= 0.6 is 11.6 Å². The van der Waals surface area contributed by atoms with Gasteiger partial charge in [0.15, 0.2) is 0 Å². The van der Waals surface area contributed by atoms with Gasteiger partial charge in [-0.25, -0.2) is 0 Å². The lowest BCUT2D eigenvalue weighted by molar-refractivity contribution is 0.227. The summed E-state index contributed by atoms with van der Waals surface area (Å²) in [7, 11) is 0. The minimum absolute atomic E-state index is 0.315. The van der Waals surface area contributed by atoms with Crippen molar-refractivity contribution < 1.29 is 0 Å². The van der Waals surface area contributed by atoms with Crippen LogP contribution in [-0.4, -0.2) is 0 Å². The molecule has 0 spiro atoms. The molecule has 1 radical (unpaired) electrons. The smallest absolute Gasteiger partial charge is 0.0408 e. The van der Waals surface area contributed by atoms with E-state index in [0.29, 0.717) is 11.8 Å². The van der Waals surface area contributed by atoms with Crippen LogP contribution < -0.4 is 0 Å². The molecule has 2 rings (SSSR count). The summed E-state index contributed by atoms with van der Waals surface area (Å²) < 4.78 is 0. The predicted molar refractivity (Wildman–Crippen MR) is 75.2 cm³/mol. The zero-order chi connectivity index (χ0) is 12.3. The Morgan fingerprint density at radius 1 is 1.41 bits per heavy atom. The lowest BCUT2D eigenvalue weighted by Gasteiger charge is -2.36. The van der Waals surface area contributed by atoms with Gasteiger partial charge in [0, 0.05) is 5.02 Å². The number of halogens is 1. The third kappa shape index (κ3) is 2.93. The highest BCUT2D eigenvalue weighted by Crippen LogP contribution is 2.41. The summed E-state index contributed by atoms with van der Waals surface area (Å²) >= 11 is 6.05. The monoisotopic (exact) mass is 247 g/mol. The van der Waals surface area contributed by atoms with E-state index in [0.717, 1.165) is 10.9 Å². The molecule has 2 unspecified atom stereocenters. The van der Waals surface area contributed by atoms with Gasteiger partial charge in [-0.2, -0.15) is 0 Å². The van der Waals surface area contributed by atoms with Crippen LogP contribution in [0.1, 0.15) is 37.7 Å². The second-order valence-corrected chi connectivity index (χ2v) is 5.39. The van der Waals surface area contributed by atoms with E-state index in [2.05, 4.69) is 32.1 Å². The largest absolute Gasteiger partial charge is 0.0914 e. The quantitative estimate of drug-likeness (QED) is 0.638. The van der Waals surface area contributed by atoms with Crippen LogP contribution in [0.5, 0.6) is 0 Å². The molecule has 1 aliphatic rings. The summed E-state index contributed by atoms with van der Waals surface area (Å²) in [6.07, 6.45) is 8.55. The Kier molecular flexibility index (Phi) is 4.28. The molecule has 0 N–H and O–H groups in total. The first-order valence-electron chi connectivity index (χ1n) is 6.43. The van der Waals surface area contributed by atoms with Crippen molar-refractivity contribution in [3.8, 4) is 0 Å². The van der Waals surface area contributed by atoms with Gasteiger partial charge in [0.25, 0.3) is 0 Å². The summed E-state index contributed by atoms with van der Waals surface area (Å²) in [6, 6.07) is 8.13. The average Bonchev–Trinajstić information content (AvgIpc) is 2.25. The summed E-state index contributed by atoms with van der Waals surface area (Å²) in [6.45, 7) is 6.45. The maximum atomic E-state index is 6.05. The second-order valence-electron chi connectivity index (χ2n) is 4.96. The van der Waals surface area contributed by atoms with Crippen molar-refractivity contribution >= 4 is 11.6 Å². The summed E-state index contributed by atoms with van der Waals surface area (Å²) in [4.78, 5) is 0. The molecule has 1 aliphatic carbocycles.